The highest BCUT2D eigenvalue weighted by Crippen LogP contribution is 2.29. The van der Waals surface area contributed by atoms with Gasteiger partial charge < -0.3 is 4.74 Å². The maximum atomic E-state index is 11.1. The van der Waals surface area contributed by atoms with Gasteiger partial charge in [-0.05, 0) is 13.3 Å². The minimum Gasteiger partial charge on any atom is -0.451 e. The van der Waals surface area contributed by atoms with E-state index in [4.69, 9.17) is 4.74 Å². The van der Waals surface area contributed by atoms with E-state index in [1.54, 1.807) is 18.7 Å². The molecule has 1 aromatic heterocycles. The molecule has 7 heteroatoms. The molecule has 0 spiro atoms. The van der Waals surface area contributed by atoms with Crippen molar-refractivity contribution in [2.75, 3.05) is 11.7 Å². The molecule has 0 N–H and O–H groups in total. The summed E-state index contributed by atoms with van der Waals surface area (Å²) in [6.07, 6.45) is 2.37. The fourth-order valence-electron chi connectivity index (χ4n) is 0.874. The molecule has 0 aliphatic carbocycles. The maximum absolute atomic E-state index is 11.1. The number of unbranched alkanes of at least 4 members (excludes halogenated alkanes) is 1. The van der Waals surface area contributed by atoms with Gasteiger partial charge in [-0.15, -0.1) is 10.2 Å². The molecule has 100 valence electrons. The largest absolute Gasteiger partial charge is 0.451 e. The highest BCUT2D eigenvalue weighted by atomic mass is 32.2. The molecular weight excluding hydrogens is 288 g/mol. The van der Waals surface area contributed by atoms with E-state index in [9.17, 15) is 4.79 Å². The Morgan fingerprint density at radius 1 is 1.39 bits per heavy atom. The summed E-state index contributed by atoms with van der Waals surface area (Å²) >= 11 is 4.63. The smallest absolute Gasteiger partial charge is 0.333 e. The normalized spacial score (nSPS) is 10.3. The standard InChI is InChI=1S/C11H16N2O2S3/c1-4-5-6-16-10-12-13-11(18-10)17-7-15-9(14)8(2)3/h2,4-7H2,1,3H3. The molecule has 4 nitrogen and oxygen atoms in total. The quantitative estimate of drug-likeness (QED) is 0.240. The van der Waals surface area contributed by atoms with E-state index in [1.165, 1.54) is 35.9 Å². The van der Waals surface area contributed by atoms with Crippen molar-refractivity contribution in [3.05, 3.63) is 12.2 Å². The number of carbonyl (C=O) groups is 1. The number of hydrogen-bond donors (Lipinski definition) is 0. The lowest BCUT2D eigenvalue weighted by molar-refractivity contribution is -0.136. The van der Waals surface area contributed by atoms with Gasteiger partial charge in [0.1, 0.15) is 5.94 Å². The Bertz CT molecular complexity index is 407. The van der Waals surface area contributed by atoms with Crippen LogP contribution >= 0.6 is 34.9 Å². The molecule has 0 fully saturated rings. The van der Waals surface area contributed by atoms with E-state index in [2.05, 4.69) is 23.7 Å². The molecule has 0 aliphatic rings. The zero-order valence-electron chi connectivity index (χ0n) is 10.5. The van der Waals surface area contributed by atoms with Crippen molar-refractivity contribution in [1.82, 2.24) is 10.2 Å². The summed E-state index contributed by atoms with van der Waals surface area (Å²) < 4.78 is 6.76. The summed E-state index contributed by atoms with van der Waals surface area (Å²) in [7, 11) is 0. The molecule has 18 heavy (non-hydrogen) atoms. The van der Waals surface area contributed by atoms with Crippen molar-refractivity contribution < 1.29 is 9.53 Å². The van der Waals surface area contributed by atoms with E-state index < -0.39 is 0 Å². The molecule has 0 saturated carbocycles. The molecule has 0 unspecified atom stereocenters. The lowest BCUT2D eigenvalue weighted by Crippen LogP contribution is -2.03. The predicted octanol–water partition coefficient (Wildman–Crippen LogP) is 3.60. The third-order valence-electron chi connectivity index (χ3n) is 1.83. The highest BCUT2D eigenvalue weighted by Gasteiger charge is 2.07. The van der Waals surface area contributed by atoms with Gasteiger partial charge in [0.2, 0.25) is 0 Å². The number of hydrogen-bond acceptors (Lipinski definition) is 7. The van der Waals surface area contributed by atoms with Crippen molar-refractivity contribution in [3.63, 3.8) is 0 Å². The number of ether oxygens (including phenoxy) is 1. The molecule has 0 aliphatic heterocycles. The van der Waals surface area contributed by atoms with Gasteiger partial charge >= 0.3 is 5.97 Å². The maximum Gasteiger partial charge on any atom is 0.333 e. The van der Waals surface area contributed by atoms with Gasteiger partial charge in [0.05, 0.1) is 0 Å². The SMILES string of the molecule is C=C(C)C(=O)OCSc1nnc(SCCCC)s1. The third kappa shape index (κ3) is 5.88. The summed E-state index contributed by atoms with van der Waals surface area (Å²) in [5.74, 6) is 0.949. The Hall–Kier alpha value is -0.530. The minimum atomic E-state index is -0.371. The Balaban J connectivity index is 2.26. The number of nitrogens with zero attached hydrogens (tertiary/aromatic N) is 2. The van der Waals surface area contributed by atoms with Gasteiger partial charge in [-0.1, -0.05) is 54.8 Å². The molecule has 1 aromatic rings. The van der Waals surface area contributed by atoms with Crippen LogP contribution in [0.15, 0.2) is 20.8 Å². The number of carbonyl (C=O) groups excluding carboxylic acids is 1. The van der Waals surface area contributed by atoms with Crippen LogP contribution in [0.3, 0.4) is 0 Å². The predicted molar refractivity (Wildman–Crippen MR) is 77.2 cm³/mol. The van der Waals surface area contributed by atoms with Crippen molar-refractivity contribution in [2.24, 2.45) is 0 Å². The average molecular weight is 304 g/mol. The van der Waals surface area contributed by atoms with Crippen molar-refractivity contribution in [1.29, 1.82) is 0 Å². The lowest BCUT2D eigenvalue weighted by Gasteiger charge is -2.00. The van der Waals surface area contributed by atoms with Crippen LogP contribution in [0, 0.1) is 0 Å². The van der Waals surface area contributed by atoms with E-state index in [-0.39, 0.29) is 11.9 Å². The van der Waals surface area contributed by atoms with Crippen LogP contribution in [-0.4, -0.2) is 27.9 Å². The summed E-state index contributed by atoms with van der Waals surface area (Å²) in [5, 5.41) is 8.11. The van der Waals surface area contributed by atoms with E-state index in [1.807, 2.05) is 0 Å². The van der Waals surface area contributed by atoms with Crippen molar-refractivity contribution in [3.8, 4) is 0 Å². The number of esters is 1. The fraction of sp³-hybridized carbons (Fsp3) is 0.545. The van der Waals surface area contributed by atoms with Gasteiger partial charge in [-0.2, -0.15) is 0 Å². The van der Waals surface area contributed by atoms with E-state index in [0.717, 1.165) is 14.4 Å². The molecule has 1 rings (SSSR count). The summed E-state index contributed by atoms with van der Waals surface area (Å²) in [5.41, 5.74) is 0.406. The molecule has 0 atom stereocenters. The molecule has 0 radical (unpaired) electrons. The first-order valence-electron chi connectivity index (χ1n) is 5.55. The zero-order valence-corrected chi connectivity index (χ0v) is 12.9. The number of rotatable bonds is 8. The Morgan fingerprint density at radius 2 is 2.06 bits per heavy atom. The van der Waals surface area contributed by atoms with Gasteiger partial charge in [-0.25, -0.2) is 4.79 Å². The van der Waals surface area contributed by atoms with Crippen LogP contribution in [0.4, 0.5) is 0 Å². The minimum absolute atomic E-state index is 0.250. The Morgan fingerprint density at radius 3 is 2.67 bits per heavy atom. The molecule has 0 saturated heterocycles. The zero-order chi connectivity index (χ0) is 13.4. The summed E-state index contributed by atoms with van der Waals surface area (Å²) in [6.45, 7) is 7.30. The summed E-state index contributed by atoms with van der Waals surface area (Å²) in [6, 6.07) is 0. The van der Waals surface area contributed by atoms with Crippen LogP contribution in [-0.2, 0) is 9.53 Å². The van der Waals surface area contributed by atoms with Crippen LogP contribution in [0.2, 0.25) is 0 Å². The second kappa shape index (κ2) is 8.55. The second-order valence-electron chi connectivity index (χ2n) is 3.51. The van der Waals surface area contributed by atoms with Gasteiger partial charge in [0.15, 0.2) is 8.68 Å². The van der Waals surface area contributed by atoms with Crippen LogP contribution < -0.4 is 0 Å². The second-order valence-corrected chi connectivity index (χ2v) is 7.00. The molecular formula is C11H16N2O2S3. The third-order valence-corrected chi connectivity index (χ3v) is 4.94. The first-order valence-corrected chi connectivity index (χ1v) is 8.34. The highest BCUT2D eigenvalue weighted by molar-refractivity contribution is 8.03. The monoisotopic (exact) mass is 304 g/mol. The van der Waals surface area contributed by atoms with E-state index in [0.29, 0.717) is 5.57 Å². The van der Waals surface area contributed by atoms with Gasteiger partial charge in [0.25, 0.3) is 0 Å². The van der Waals surface area contributed by atoms with Gasteiger partial charge in [-0.3, -0.25) is 0 Å². The van der Waals surface area contributed by atoms with Crippen molar-refractivity contribution >= 4 is 40.8 Å². The Labute approximate surface area is 120 Å². The Kier molecular flexibility index (Phi) is 7.38. The number of aromatic nitrogens is 2. The lowest BCUT2D eigenvalue weighted by atomic mass is 10.4. The number of thioether (sulfide) groups is 2. The molecule has 0 bridgehead atoms. The van der Waals surface area contributed by atoms with Crippen LogP contribution in [0.25, 0.3) is 0 Å². The van der Waals surface area contributed by atoms with Crippen molar-refractivity contribution in [2.45, 2.75) is 35.4 Å². The molecule has 0 amide bonds. The summed E-state index contributed by atoms with van der Waals surface area (Å²) in [4.78, 5) is 11.1. The molecule has 0 aromatic carbocycles. The molecule has 1 heterocycles. The van der Waals surface area contributed by atoms with Crippen LogP contribution in [0.1, 0.15) is 26.7 Å². The average Bonchev–Trinajstić information content (AvgIpc) is 2.77. The van der Waals surface area contributed by atoms with Gasteiger partial charge in [0, 0.05) is 11.3 Å². The van der Waals surface area contributed by atoms with E-state index >= 15 is 0 Å². The first-order chi connectivity index (χ1) is 8.63. The fourth-order valence-corrected chi connectivity index (χ4v) is 3.76. The topological polar surface area (TPSA) is 52.1 Å². The van der Waals surface area contributed by atoms with Crippen LogP contribution in [0.5, 0.6) is 0 Å². The first kappa shape index (κ1) is 15.5.